The van der Waals surface area contributed by atoms with Crippen molar-refractivity contribution in [2.24, 2.45) is 0 Å². The highest BCUT2D eigenvalue weighted by molar-refractivity contribution is 6.17. The third-order valence-corrected chi connectivity index (χ3v) is 2.24. The molecule has 2 aromatic rings. The standard InChI is InChI=1S/C11H11ClN2/c12-6-8-14-9-7-13-11(14)10-4-2-1-3-5-10/h1-5,7,9H,6,8H2. The van der Waals surface area contributed by atoms with Crippen LogP contribution in [0.15, 0.2) is 42.7 Å². The number of nitrogens with zero attached hydrogens (tertiary/aromatic N) is 2. The maximum atomic E-state index is 5.70. The fraction of sp³-hybridized carbons (Fsp3) is 0.182. The first kappa shape index (κ1) is 9.28. The molecule has 3 heteroatoms. The van der Waals surface area contributed by atoms with E-state index >= 15 is 0 Å². The molecule has 1 aromatic carbocycles. The fourth-order valence-electron chi connectivity index (χ4n) is 1.43. The number of alkyl halides is 1. The summed E-state index contributed by atoms with van der Waals surface area (Å²) < 4.78 is 2.06. The number of rotatable bonds is 3. The van der Waals surface area contributed by atoms with Gasteiger partial charge < -0.3 is 4.57 Å². The lowest BCUT2D eigenvalue weighted by atomic mass is 10.2. The first-order valence-electron chi connectivity index (χ1n) is 4.54. The van der Waals surface area contributed by atoms with Gasteiger partial charge in [0.2, 0.25) is 0 Å². The van der Waals surface area contributed by atoms with E-state index in [-0.39, 0.29) is 0 Å². The van der Waals surface area contributed by atoms with Gasteiger partial charge in [-0.2, -0.15) is 0 Å². The van der Waals surface area contributed by atoms with Gasteiger partial charge in [0.25, 0.3) is 0 Å². The second kappa shape index (κ2) is 4.29. The number of halogens is 1. The number of aryl methyl sites for hydroxylation is 1. The Labute approximate surface area is 88.2 Å². The summed E-state index contributed by atoms with van der Waals surface area (Å²) in [5.41, 5.74) is 1.13. The molecule has 0 amide bonds. The van der Waals surface area contributed by atoms with Crippen molar-refractivity contribution in [2.45, 2.75) is 6.54 Å². The molecule has 0 N–H and O–H groups in total. The summed E-state index contributed by atoms with van der Waals surface area (Å²) in [6, 6.07) is 10.1. The van der Waals surface area contributed by atoms with Crippen LogP contribution in [-0.2, 0) is 6.54 Å². The Hall–Kier alpha value is -1.28. The van der Waals surface area contributed by atoms with Crippen LogP contribution in [0.2, 0.25) is 0 Å². The van der Waals surface area contributed by atoms with Crippen molar-refractivity contribution in [2.75, 3.05) is 5.88 Å². The summed E-state index contributed by atoms with van der Waals surface area (Å²) in [6.45, 7) is 0.797. The van der Waals surface area contributed by atoms with Crippen LogP contribution in [0, 0.1) is 0 Å². The molecule has 0 bridgehead atoms. The highest BCUT2D eigenvalue weighted by Crippen LogP contribution is 2.16. The van der Waals surface area contributed by atoms with E-state index in [4.69, 9.17) is 11.6 Å². The molecule has 0 aliphatic carbocycles. The van der Waals surface area contributed by atoms with Crippen LogP contribution in [0.1, 0.15) is 0 Å². The Balaban J connectivity index is 2.37. The van der Waals surface area contributed by atoms with Crippen LogP contribution in [0.5, 0.6) is 0 Å². The molecule has 0 unspecified atom stereocenters. The molecule has 0 atom stereocenters. The van der Waals surface area contributed by atoms with E-state index in [1.807, 2.05) is 36.5 Å². The zero-order valence-electron chi connectivity index (χ0n) is 7.73. The number of hydrogen-bond acceptors (Lipinski definition) is 1. The van der Waals surface area contributed by atoms with Gasteiger partial charge in [0.15, 0.2) is 0 Å². The van der Waals surface area contributed by atoms with Gasteiger partial charge in [-0.1, -0.05) is 30.3 Å². The van der Waals surface area contributed by atoms with Gasteiger partial charge in [-0.3, -0.25) is 0 Å². The van der Waals surface area contributed by atoms with Gasteiger partial charge in [-0.25, -0.2) is 4.98 Å². The molecule has 0 saturated heterocycles. The minimum absolute atomic E-state index is 0.607. The van der Waals surface area contributed by atoms with Crippen LogP contribution < -0.4 is 0 Å². The van der Waals surface area contributed by atoms with E-state index in [1.165, 1.54) is 0 Å². The second-order valence-electron chi connectivity index (χ2n) is 3.00. The van der Waals surface area contributed by atoms with Gasteiger partial charge in [0.1, 0.15) is 5.82 Å². The molecule has 0 spiro atoms. The van der Waals surface area contributed by atoms with Crippen molar-refractivity contribution >= 4 is 11.6 Å². The van der Waals surface area contributed by atoms with E-state index < -0.39 is 0 Å². The third kappa shape index (κ3) is 1.80. The average Bonchev–Trinajstić information content (AvgIpc) is 2.68. The van der Waals surface area contributed by atoms with E-state index in [0.717, 1.165) is 17.9 Å². The van der Waals surface area contributed by atoms with Crippen LogP contribution in [0.4, 0.5) is 0 Å². The number of benzene rings is 1. The average molecular weight is 207 g/mol. The lowest BCUT2D eigenvalue weighted by Gasteiger charge is -2.04. The summed E-state index contributed by atoms with van der Waals surface area (Å²) >= 11 is 5.70. The summed E-state index contributed by atoms with van der Waals surface area (Å²) in [6.07, 6.45) is 3.75. The zero-order valence-corrected chi connectivity index (χ0v) is 8.48. The largest absolute Gasteiger partial charge is 0.330 e. The van der Waals surface area contributed by atoms with Crippen LogP contribution in [0.25, 0.3) is 11.4 Å². The lowest BCUT2D eigenvalue weighted by molar-refractivity contribution is 0.776. The number of aromatic nitrogens is 2. The van der Waals surface area contributed by atoms with Gasteiger partial charge >= 0.3 is 0 Å². The predicted octanol–water partition coefficient (Wildman–Crippen LogP) is 2.79. The molecule has 2 rings (SSSR count). The summed E-state index contributed by atoms with van der Waals surface area (Å²) in [5, 5.41) is 0. The van der Waals surface area contributed by atoms with E-state index in [2.05, 4.69) is 9.55 Å². The molecule has 0 radical (unpaired) electrons. The Morgan fingerprint density at radius 3 is 2.71 bits per heavy atom. The molecule has 0 saturated carbocycles. The predicted molar refractivity (Wildman–Crippen MR) is 58.4 cm³/mol. The molecule has 1 aromatic heterocycles. The van der Waals surface area contributed by atoms with E-state index in [9.17, 15) is 0 Å². The quantitative estimate of drug-likeness (QED) is 0.707. The molecular weight excluding hydrogens is 196 g/mol. The highest BCUT2D eigenvalue weighted by Gasteiger charge is 2.03. The van der Waals surface area contributed by atoms with Crippen molar-refractivity contribution in [3.05, 3.63) is 42.7 Å². The Kier molecular flexibility index (Phi) is 2.84. The first-order valence-corrected chi connectivity index (χ1v) is 5.08. The van der Waals surface area contributed by atoms with E-state index in [0.29, 0.717) is 5.88 Å². The fourth-order valence-corrected chi connectivity index (χ4v) is 1.61. The van der Waals surface area contributed by atoms with Crippen LogP contribution in [-0.4, -0.2) is 15.4 Å². The molecule has 0 aliphatic heterocycles. The monoisotopic (exact) mass is 206 g/mol. The van der Waals surface area contributed by atoms with Gasteiger partial charge in [0, 0.05) is 30.4 Å². The smallest absolute Gasteiger partial charge is 0.139 e. The molecule has 2 nitrogen and oxygen atoms in total. The molecule has 0 fully saturated rings. The van der Waals surface area contributed by atoms with Gasteiger partial charge in [-0.05, 0) is 0 Å². The van der Waals surface area contributed by atoms with Crippen molar-refractivity contribution in [1.82, 2.24) is 9.55 Å². The highest BCUT2D eigenvalue weighted by atomic mass is 35.5. The van der Waals surface area contributed by atoms with Gasteiger partial charge in [0.05, 0.1) is 0 Å². The first-order chi connectivity index (χ1) is 6.92. The summed E-state index contributed by atoms with van der Waals surface area (Å²) in [4.78, 5) is 4.31. The van der Waals surface area contributed by atoms with Gasteiger partial charge in [-0.15, -0.1) is 11.6 Å². The molecule has 0 aliphatic rings. The maximum Gasteiger partial charge on any atom is 0.139 e. The minimum Gasteiger partial charge on any atom is -0.330 e. The summed E-state index contributed by atoms with van der Waals surface area (Å²) in [5.74, 6) is 1.59. The summed E-state index contributed by atoms with van der Waals surface area (Å²) in [7, 11) is 0. The zero-order chi connectivity index (χ0) is 9.80. The lowest BCUT2D eigenvalue weighted by Crippen LogP contribution is -2.00. The van der Waals surface area contributed by atoms with Crippen LogP contribution in [0.3, 0.4) is 0 Å². The molecular formula is C11H11ClN2. The van der Waals surface area contributed by atoms with E-state index in [1.54, 1.807) is 6.20 Å². The van der Waals surface area contributed by atoms with Crippen molar-refractivity contribution in [3.8, 4) is 11.4 Å². The Bertz CT molecular complexity index is 395. The van der Waals surface area contributed by atoms with Crippen molar-refractivity contribution in [3.63, 3.8) is 0 Å². The Morgan fingerprint density at radius 2 is 2.00 bits per heavy atom. The molecule has 14 heavy (non-hydrogen) atoms. The van der Waals surface area contributed by atoms with Crippen molar-refractivity contribution < 1.29 is 0 Å². The normalized spacial score (nSPS) is 10.4. The minimum atomic E-state index is 0.607. The van der Waals surface area contributed by atoms with Crippen LogP contribution >= 0.6 is 11.6 Å². The topological polar surface area (TPSA) is 17.8 Å². The Morgan fingerprint density at radius 1 is 1.21 bits per heavy atom. The maximum absolute atomic E-state index is 5.70. The number of hydrogen-bond donors (Lipinski definition) is 0. The number of imidazole rings is 1. The SMILES string of the molecule is ClCCn1ccnc1-c1ccccc1. The van der Waals surface area contributed by atoms with Crippen molar-refractivity contribution in [1.29, 1.82) is 0 Å². The molecule has 72 valence electrons. The second-order valence-corrected chi connectivity index (χ2v) is 3.38. The third-order valence-electron chi connectivity index (χ3n) is 2.07. The molecule has 1 heterocycles.